The van der Waals surface area contributed by atoms with E-state index in [-0.39, 0.29) is 11.1 Å². The third-order valence-corrected chi connectivity index (χ3v) is 2.76. The van der Waals surface area contributed by atoms with Gasteiger partial charge in [-0.25, -0.2) is 8.78 Å². The monoisotopic (exact) mass is 247 g/mol. The molecule has 0 aliphatic heterocycles. The number of carbonyl (C=O) groups is 1. The summed E-state index contributed by atoms with van der Waals surface area (Å²) >= 11 is 0. The maximum atomic E-state index is 13.8. The summed E-state index contributed by atoms with van der Waals surface area (Å²) in [5.74, 6) is -2.60. The molecule has 2 aromatic rings. The molecule has 0 saturated carbocycles. The van der Waals surface area contributed by atoms with Gasteiger partial charge in [0.2, 0.25) is 5.91 Å². The second-order valence-corrected chi connectivity index (χ2v) is 3.96. The van der Waals surface area contributed by atoms with Gasteiger partial charge in [0, 0.05) is 16.7 Å². The number of benzene rings is 2. The standard InChI is InChI=1S/C14H11F2NO/c1-8-4-2-6-10(14(17)18)12(8)9-5-3-7-11(15)13(9)16/h2-7H,1H3,(H2,17,18). The molecule has 2 nitrogen and oxygen atoms in total. The van der Waals surface area contributed by atoms with E-state index in [1.165, 1.54) is 18.2 Å². The van der Waals surface area contributed by atoms with Gasteiger partial charge in [0.05, 0.1) is 0 Å². The average molecular weight is 247 g/mol. The van der Waals surface area contributed by atoms with Crippen molar-refractivity contribution in [3.8, 4) is 11.1 Å². The molecule has 0 aliphatic rings. The lowest BCUT2D eigenvalue weighted by molar-refractivity contribution is 0.100. The van der Waals surface area contributed by atoms with Crippen molar-refractivity contribution < 1.29 is 13.6 Å². The van der Waals surface area contributed by atoms with Crippen molar-refractivity contribution in [3.05, 3.63) is 59.2 Å². The number of carbonyl (C=O) groups excluding carboxylic acids is 1. The molecule has 2 N–H and O–H groups in total. The largest absolute Gasteiger partial charge is 0.366 e. The van der Waals surface area contributed by atoms with Gasteiger partial charge in [-0.2, -0.15) is 0 Å². The minimum absolute atomic E-state index is 0.0434. The average Bonchev–Trinajstić information content (AvgIpc) is 2.33. The van der Waals surface area contributed by atoms with Crippen LogP contribution >= 0.6 is 0 Å². The second kappa shape index (κ2) is 4.56. The molecule has 92 valence electrons. The van der Waals surface area contributed by atoms with Crippen molar-refractivity contribution >= 4 is 5.91 Å². The molecular weight excluding hydrogens is 236 g/mol. The highest BCUT2D eigenvalue weighted by molar-refractivity contribution is 6.00. The van der Waals surface area contributed by atoms with Gasteiger partial charge in [-0.1, -0.05) is 24.3 Å². The van der Waals surface area contributed by atoms with E-state index >= 15 is 0 Å². The van der Waals surface area contributed by atoms with Crippen molar-refractivity contribution in [2.24, 2.45) is 5.73 Å². The Morgan fingerprint density at radius 2 is 1.78 bits per heavy atom. The lowest BCUT2D eigenvalue weighted by Crippen LogP contribution is -2.13. The Labute approximate surface area is 103 Å². The van der Waals surface area contributed by atoms with E-state index in [1.807, 2.05) is 0 Å². The Balaban J connectivity index is 2.78. The zero-order valence-electron chi connectivity index (χ0n) is 9.71. The molecule has 1 amide bonds. The first kappa shape index (κ1) is 12.2. The van der Waals surface area contributed by atoms with E-state index in [2.05, 4.69) is 0 Å². The summed E-state index contributed by atoms with van der Waals surface area (Å²) in [5.41, 5.74) is 6.48. The zero-order valence-corrected chi connectivity index (χ0v) is 9.71. The number of amides is 1. The number of nitrogens with two attached hydrogens (primary N) is 1. The molecular formula is C14H11F2NO. The normalized spacial score (nSPS) is 10.4. The summed E-state index contributed by atoms with van der Waals surface area (Å²) in [7, 11) is 0. The fourth-order valence-electron chi connectivity index (χ4n) is 1.93. The van der Waals surface area contributed by atoms with E-state index in [0.717, 1.165) is 6.07 Å². The quantitative estimate of drug-likeness (QED) is 0.870. The molecule has 0 spiro atoms. The molecule has 0 saturated heterocycles. The highest BCUT2D eigenvalue weighted by Gasteiger charge is 2.17. The first-order chi connectivity index (χ1) is 8.52. The summed E-state index contributed by atoms with van der Waals surface area (Å²) in [6.07, 6.45) is 0. The minimum atomic E-state index is -0.977. The summed E-state index contributed by atoms with van der Waals surface area (Å²) in [4.78, 5) is 11.3. The van der Waals surface area contributed by atoms with E-state index in [1.54, 1.807) is 19.1 Å². The van der Waals surface area contributed by atoms with Gasteiger partial charge in [0.25, 0.3) is 0 Å². The van der Waals surface area contributed by atoms with Gasteiger partial charge < -0.3 is 5.73 Å². The van der Waals surface area contributed by atoms with Gasteiger partial charge >= 0.3 is 0 Å². The van der Waals surface area contributed by atoms with Crippen molar-refractivity contribution in [1.29, 1.82) is 0 Å². The van der Waals surface area contributed by atoms with Crippen LogP contribution in [-0.4, -0.2) is 5.91 Å². The maximum absolute atomic E-state index is 13.8. The van der Waals surface area contributed by atoms with E-state index in [4.69, 9.17) is 5.73 Å². The van der Waals surface area contributed by atoms with E-state index in [0.29, 0.717) is 11.1 Å². The van der Waals surface area contributed by atoms with Crippen LogP contribution in [0.5, 0.6) is 0 Å². The second-order valence-electron chi connectivity index (χ2n) is 3.96. The van der Waals surface area contributed by atoms with Crippen molar-refractivity contribution in [1.82, 2.24) is 0 Å². The Morgan fingerprint density at radius 1 is 1.11 bits per heavy atom. The molecule has 0 fully saturated rings. The highest BCUT2D eigenvalue weighted by atomic mass is 19.2. The predicted octanol–water partition coefficient (Wildman–Crippen LogP) is 3.04. The van der Waals surface area contributed by atoms with Gasteiger partial charge in [-0.05, 0) is 24.6 Å². The number of aryl methyl sites for hydroxylation is 1. The van der Waals surface area contributed by atoms with Crippen molar-refractivity contribution in [2.75, 3.05) is 0 Å². The van der Waals surface area contributed by atoms with E-state index < -0.39 is 17.5 Å². The lowest BCUT2D eigenvalue weighted by Gasteiger charge is -2.11. The summed E-state index contributed by atoms with van der Waals surface area (Å²) in [6.45, 7) is 1.71. The van der Waals surface area contributed by atoms with Crippen LogP contribution in [0.4, 0.5) is 8.78 Å². The molecule has 0 aromatic heterocycles. The lowest BCUT2D eigenvalue weighted by atomic mass is 9.94. The van der Waals surface area contributed by atoms with Crippen LogP contribution in [0, 0.1) is 18.6 Å². The SMILES string of the molecule is Cc1cccc(C(N)=O)c1-c1cccc(F)c1F. The Bertz CT molecular complexity index is 623. The molecule has 0 unspecified atom stereocenters. The maximum Gasteiger partial charge on any atom is 0.249 e. The number of primary amides is 1. The Kier molecular flexibility index (Phi) is 3.10. The Morgan fingerprint density at radius 3 is 2.44 bits per heavy atom. The zero-order chi connectivity index (χ0) is 13.3. The third kappa shape index (κ3) is 1.97. The van der Waals surface area contributed by atoms with Crippen LogP contribution in [0.2, 0.25) is 0 Å². The van der Waals surface area contributed by atoms with Crippen LogP contribution < -0.4 is 5.73 Å². The fourth-order valence-corrected chi connectivity index (χ4v) is 1.93. The predicted molar refractivity (Wildman–Crippen MR) is 65.0 cm³/mol. The molecule has 2 aromatic carbocycles. The first-order valence-electron chi connectivity index (χ1n) is 5.36. The van der Waals surface area contributed by atoms with Crippen LogP contribution in [0.15, 0.2) is 36.4 Å². The summed E-state index contributed by atoms with van der Waals surface area (Å²) < 4.78 is 27.0. The van der Waals surface area contributed by atoms with Crippen LogP contribution in [0.1, 0.15) is 15.9 Å². The van der Waals surface area contributed by atoms with Crippen LogP contribution in [0.3, 0.4) is 0 Å². The molecule has 18 heavy (non-hydrogen) atoms. The molecule has 0 aliphatic carbocycles. The van der Waals surface area contributed by atoms with Crippen molar-refractivity contribution in [2.45, 2.75) is 6.92 Å². The Hall–Kier alpha value is -2.23. The van der Waals surface area contributed by atoms with Crippen molar-refractivity contribution in [3.63, 3.8) is 0 Å². The van der Waals surface area contributed by atoms with E-state index in [9.17, 15) is 13.6 Å². The topological polar surface area (TPSA) is 43.1 Å². The number of hydrogen-bond acceptors (Lipinski definition) is 1. The van der Waals surface area contributed by atoms with Gasteiger partial charge in [-0.15, -0.1) is 0 Å². The van der Waals surface area contributed by atoms with Gasteiger partial charge in [0.15, 0.2) is 11.6 Å². The molecule has 2 rings (SSSR count). The van der Waals surface area contributed by atoms with Crippen LogP contribution in [-0.2, 0) is 0 Å². The van der Waals surface area contributed by atoms with Gasteiger partial charge in [0.1, 0.15) is 0 Å². The summed E-state index contributed by atoms with van der Waals surface area (Å²) in [5, 5.41) is 0. The molecule has 0 atom stereocenters. The smallest absolute Gasteiger partial charge is 0.249 e. The fraction of sp³-hybridized carbons (Fsp3) is 0.0714. The molecule has 4 heteroatoms. The molecule has 0 radical (unpaired) electrons. The third-order valence-electron chi connectivity index (χ3n) is 2.76. The van der Waals surface area contributed by atoms with Gasteiger partial charge in [-0.3, -0.25) is 4.79 Å². The molecule has 0 heterocycles. The minimum Gasteiger partial charge on any atom is -0.366 e. The number of halogens is 2. The molecule has 0 bridgehead atoms. The highest BCUT2D eigenvalue weighted by Crippen LogP contribution is 2.30. The number of rotatable bonds is 2. The first-order valence-corrected chi connectivity index (χ1v) is 5.36. The summed E-state index contributed by atoms with van der Waals surface area (Å²) in [6, 6.07) is 8.70. The number of hydrogen-bond donors (Lipinski definition) is 1. The van der Waals surface area contributed by atoms with Crippen LogP contribution in [0.25, 0.3) is 11.1 Å².